The van der Waals surface area contributed by atoms with Gasteiger partial charge in [-0.05, 0) is 24.1 Å². The molecule has 1 aromatic carbocycles. The second-order valence-corrected chi connectivity index (χ2v) is 4.15. The van der Waals surface area contributed by atoms with Gasteiger partial charge in [-0.15, -0.1) is 0 Å². The molecule has 2 heterocycles. The van der Waals surface area contributed by atoms with Crippen LogP contribution in [0.2, 0.25) is 0 Å². The summed E-state index contributed by atoms with van der Waals surface area (Å²) in [6.07, 6.45) is 2.18. The molecule has 2 aromatic rings. The Bertz CT molecular complexity index is 565. The lowest BCUT2D eigenvalue weighted by molar-refractivity contribution is -0.139. The van der Waals surface area contributed by atoms with Crippen LogP contribution in [-0.2, 0) is 4.79 Å². The molecule has 0 bridgehead atoms. The molecule has 1 fully saturated rings. The lowest BCUT2D eigenvalue weighted by Gasteiger charge is -2.08. The molecule has 17 heavy (non-hydrogen) atoms. The highest BCUT2D eigenvalue weighted by Gasteiger charge is 2.29. The number of aromatic nitrogens is 2. The number of rotatable bonds is 2. The van der Waals surface area contributed by atoms with Gasteiger partial charge in [-0.3, -0.25) is 4.79 Å². The van der Waals surface area contributed by atoms with Gasteiger partial charge in [-0.2, -0.15) is 0 Å². The van der Waals surface area contributed by atoms with Crippen LogP contribution in [0.5, 0.6) is 0 Å². The highest BCUT2D eigenvalue weighted by atomic mass is 16.4. The minimum absolute atomic E-state index is 0.0174. The second-order valence-electron chi connectivity index (χ2n) is 4.15. The SMILES string of the molecule is O=C(O)C1CC(c2ccc3nc[nH]c3c2)NN1. The summed E-state index contributed by atoms with van der Waals surface area (Å²) >= 11 is 0. The topological polar surface area (TPSA) is 90.0 Å². The smallest absolute Gasteiger partial charge is 0.322 e. The van der Waals surface area contributed by atoms with Crippen molar-refractivity contribution in [2.75, 3.05) is 0 Å². The van der Waals surface area contributed by atoms with Crippen molar-refractivity contribution in [3.8, 4) is 0 Å². The first-order chi connectivity index (χ1) is 8.24. The van der Waals surface area contributed by atoms with Crippen molar-refractivity contribution in [3.63, 3.8) is 0 Å². The molecule has 2 atom stereocenters. The normalized spacial score (nSPS) is 24.2. The molecule has 6 nitrogen and oxygen atoms in total. The molecule has 1 aliphatic rings. The predicted molar refractivity (Wildman–Crippen MR) is 61.1 cm³/mol. The Hall–Kier alpha value is -1.92. The average molecular weight is 232 g/mol. The van der Waals surface area contributed by atoms with Crippen molar-refractivity contribution in [3.05, 3.63) is 30.1 Å². The molecule has 6 heteroatoms. The fourth-order valence-electron chi connectivity index (χ4n) is 2.11. The molecule has 0 spiro atoms. The monoisotopic (exact) mass is 232 g/mol. The van der Waals surface area contributed by atoms with Gasteiger partial charge < -0.3 is 10.1 Å². The molecular weight excluding hydrogens is 220 g/mol. The second kappa shape index (κ2) is 3.83. The summed E-state index contributed by atoms with van der Waals surface area (Å²) in [4.78, 5) is 18.0. The number of imidazole rings is 1. The fourth-order valence-corrected chi connectivity index (χ4v) is 2.11. The third kappa shape index (κ3) is 1.77. The van der Waals surface area contributed by atoms with E-state index in [1.165, 1.54) is 0 Å². The van der Waals surface area contributed by atoms with E-state index in [0.717, 1.165) is 16.6 Å². The number of hydrazine groups is 1. The zero-order valence-electron chi connectivity index (χ0n) is 8.97. The number of carboxylic acids is 1. The van der Waals surface area contributed by atoms with Crippen molar-refractivity contribution < 1.29 is 9.90 Å². The highest BCUT2D eigenvalue weighted by Crippen LogP contribution is 2.24. The molecule has 0 saturated carbocycles. The quantitative estimate of drug-likeness (QED) is 0.607. The summed E-state index contributed by atoms with van der Waals surface area (Å²) in [6, 6.07) is 5.37. The Morgan fingerprint density at radius 1 is 1.41 bits per heavy atom. The van der Waals surface area contributed by atoms with E-state index in [1.807, 2.05) is 18.2 Å². The molecule has 1 aliphatic heterocycles. The van der Waals surface area contributed by atoms with E-state index in [4.69, 9.17) is 5.11 Å². The van der Waals surface area contributed by atoms with E-state index < -0.39 is 12.0 Å². The minimum atomic E-state index is -0.831. The molecule has 1 aromatic heterocycles. The Morgan fingerprint density at radius 2 is 2.29 bits per heavy atom. The van der Waals surface area contributed by atoms with Gasteiger partial charge in [0.25, 0.3) is 0 Å². The maximum absolute atomic E-state index is 10.8. The van der Waals surface area contributed by atoms with Gasteiger partial charge in [0.1, 0.15) is 6.04 Å². The van der Waals surface area contributed by atoms with Crippen LogP contribution in [0.25, 0.3) is 11.0 Å². The average Bonchev–Trinajstić information content (AvgIpc) is 2.97. The van der Waals surface area contributed by atoms with Gasteiger partial charge in [0.15, 0.2) is 0 Å². The summed E-state index contributed by atoms with van der Waals surface area (Å²) in [5.41, 5.74) is 8.69. The first-order valence-electron chi connectivity index (χ1n) is 5.41. The number of H-pyrrole nitrogens is 1. The third-order valence-corrected chi connectivity index (χ3v) is 3.05. The van der Waals surface area contributed by atoms with E-state index in [1.54, 1.807) is 6.33 Å². The molecule has 1 saturated heterocycles. The predicted octanol–water partition coefficient (Wildman–Crippen LogP) is 0.555. The van der Waals surface area contributed by atoms with Crippen molar-refractivity contribution in [1.29, 1.82) is 0 Å². The van der Waals surface area contributed by atoms with E-state index in [2.05, 4.69) is 20.8 Å². The molecular formula is C11H12N4O2. The molecule has 0 radical (unpaired) electrons. The van der Waals surface area contributed by atoms with E-state index in [-0.39, 0.29) is 6.04 Å². The Morgan fingerprint density at radius 3 is 3.06 bits per heavy atom. The maximum Gasteiger partial charge on any atom is 0.322 e. The number of fused-ring (bicyclic) bond motifs is 1. The first kappa shape index (κ1) is 10.2. The number of carbonyl (C=O) groups is 1. The van der Waals surface area contributed by atoms with Crippen LogP contribution in [0.15, 0.2) is 24.5 Å². The van der Waals surface area contributed by atoms with Gasteiger partial charge in [0.2, 0.25) is 0 Å². The van der Waals surface area contributed by atoms with Crippen molar-refractivity contribution in [2.45, 2.75) is 18.5 Å². The van der Waals surface area contributed by atoms with Crippen molar-refractivity contribution >= 4 is 17.0 Å². The number of nitrogens with one attached hydrogen (secondary N) is 3. The van der Waals surface area contributed by atoms with Crippen LogP contribution in [0.3, 0.4) is 0 Å². The highest BCUT2D eigenvalue weighted by molar-refractivity contribution is 5.76. The van der Waals surface area contributed by atoms with E-state index in [9.17, 15) is 4.79 Å². The summed E-state index contributed by atoms with van der Waals surface area (Å²) in [7, 11) is 0. The molecule has 0 amide bonds. The van der Waals surface area contributed by atoms with Gasteiger partial charge >= 0.3 is 5.97 Å². The van der Waals surface area contributed by atoms with Crippen LogP contribution in [0.1, 0.15) is 18.0 Å². The Kier molecular flexibility index (Phi) is 2.31. The van der Waals surface area contributed by atoms with Gasteiger partial charge in [0.05, 0.1) is 17.4 Å². The number of benzene rings is 1. The standard InChI is InChI=1S/C11H12N4O2/c16-11(17)10-4-8(14-15-10)6-1-2-7-9(3-6)13-5-12-7/h1-3,5,8,10,14-15H,4H2,(H,12,13)(H,16,17). The molecule has 4 N–H and O–H groups in total. The van der Waals surface area contributed by atoms with Gasteiger partial charge in [0, 0.05) is 6.04 Å². The van der Waals surface area contributed by atoms with Crippen LogP contribution in [-0.4, -0.2) is 27.1 Å². The number of carboxylic acid groups (broad SMARTS) is 1. The molecule has 2 unspecified atom stereocenters. The Balaban J connectivity index is 1.87. The lowest BCUT2D eigenvalue weighted by Crippen LogP contribution is -2.36. The van der Waals surface area contributed by atoms with Crippen molar-refractivity contribution in [1.82, 2.24) is 20.8 Å². The number of nitrogens with zero attached hydrogens (tertiary/aromatic N) is 1. The number of aliphatic carboxylic acids is 1. The van der Waals surface area contributed by atoms with Gasteiger partial charge in [-0.1, -0.05) is 6.07 Å². The zero-order chi connectivity index (χ0) is 11.8. The molecule has 88 valence electrons. The van der Waals surface area contributed by atoms with Crippen LogP contribution in [0.4, 0.5) is 0 Å². The zero-order valence-corrected chi connectivity index (χ0v) is 8.97. The maximum atomic E-state index is 10.8. The lowest BCUT2D eigenvalue weighted by atomic mass is 10.0. The number of hydrogen-bond donors (Lipinski definition) is 4. The number of aromatic amines is 1. The van der Waals surface area contributed by atoms with Crippen LogP contribution < -0.4 is 10.9 Å². The van der Waals surface area contributed by atoms with Crippen LogP contribution >= 0.6 is 0 Å². The first-order valence-corrected chi connectivity index (χ1v) is 5.41. The van der Waals surface area contributed by atoms with Gasteiger partial charge in [-0.25, -0.2) is 15.8 Å². The van der Waals surface area contributed by atoms with E-state index >= 15 is 0 Å². The minimum Gasteiger partial charge on any atom is -0.480 e. The van der Waals surface area contributed by atoms with Crippen LogP contribution in [0, 0.1) is 0 Å². The summed E-state index contributed by atoms with van der Waals surface area (Å²) in [5, 5.41) is 8.90. The summed E-state index contributed by atoms with van der Waals surface area (Å²) in [6.45, 7) is 0. The molecule has 3 rings (SSSR count). The fraction of sp³-hybridized carbons (Fsp3) is 0.273. The van der Waals surface area contributed by atoms with Crippen molar-refractivity contribution in [2.24, 2.45) is 0 Å². The summed E-state index contributed by atoms with van der Waals surface area (Å²) in [5.74, 6) is -0.831. The summed E-state index contributed by atoms with van der Waals surface area (Å²) < 4.78 is 0. The third-order valence-electron chi connectivity index (χ3n) is 3.05. The molecule has 0 aliphatic carbocycles. The Labute approximate surface area is 97.0 Å². The largest absolute Gasteiger partial charge is 0.480 e. The van der Waals surface area contributed by atoms with E-state index in [0.29, 0.717) is 6.42 Å². The number of hydrogen-bond acceptors (Lipinski definition) is 4.